The van der Waals surface area contributed by atoms with Gasteiger partial charge < -0.3 is 9.76 Å². The van der Waals surface area contributed by atoms with E-state index in [2.05, 4.69) is 93.6 Å². The molecule has 5 rings (SSSR count). The quantitative estimate of drug-likeness (QED) is 0.326. The molecule has 37 heavy (non-hydrogen) atoms. The second-order valence-electron chi connectivity index (χ2n) is 11.7. The van der Waals surface area contributed by atoms with E-state index in [4.69, 9.17) is 9.64 Å². The van der Waals surface area contributed by atoms with Crippen molar-refractivity contribution in [3.8, 4) is 22.4 Å². The van der Waals surface area contributed by atoms with Crippen LogP contribution in [0.4, 0.5) is 0 Å². The van der Waals surface area contributed by atoms with Gasteiger partial charge in [-0.3, -0.25) is 4.98 Å². The monoisotopic (exact) mass is 489 g/mol. The summed E-state index contributed by atoms with van der Waals surface area (Å²) in [7, 11) is 0.397. The number of aliphatic hydroxyl groups is 1. The standard InChI is InChI=1S/C33H36BNO2/c1-21-16-22(2)18-24(17-21)33(7)28-11-9-8-10-26(28)27-14-12-23(19-29(27)33)30-15-13-25(20-35-30)34-37-32(5,6)31(3,4)36/h8-20,34,36H,1-7H3. The minimum absolute atomic E-state index is 0.241. The fraction of sp³-hybridized carbons (Fsp3) is 0.303. The molecule has 4 aromatic rings. The number of aryl methyl sites for hydroxylation is 2. The Morgan fingerprint density at radius 1 is 0.811 bits per heavy atom. The van der Waals surface area contributed by atoms with Crippen LogP contribution in [0.25, 0.3) is 22.4 Å². The van der Waals surface area contributed by atoms with E-state index in [1.165, 1.54) is 38.9 Å². The van der Waals surface area contributed by atoms with Crippen LogP contribution < -0.4 is 5.46 Å². The molecule has 0 fully saturated rings. The van der Waals surface area contributed by atoms with Gasteiger partial charge in [0.1, 0.15) is 0 Å². The molecular weight excluding hydrogens is 453 g/mol. The van der Waals surface area contributed by atoms with Crippen molar-refractivity contribution in [2.45, 2.75) is 65.1 Å². The third-order valence-corrected chi connectivity index (χ3v) is 8.31. The van der Waals surface area contributed by atoms with Crippen molar-refractivity contribution in [2.75, 3.05) is 0 Å². The first kappa shape index (κ1) is 25.4. The van der Waals surface area contributed by atoms with Gasteiger partial charge in [0.15, 0.2) is 0 Å². The molecule has 1 unspecified atom stereocenters. The van der Waals surface area contributed by atoms with E-state index >= 15 is 0 Å². The van der Waals surface area contributed by atoms with Gasteiger partial charge in [0.2, 0.25) is 0 Å². The van der Waals surface area contributed by atoms with Gasteiger partial charge in [-0.05, 0) is 93.9 Å². The van der Waals surface area contributed by atoms with Crippen LogP contribution in [0.3, 0.4) is 0 Å². The Labute approximate surface area is 221 Å². The van der Waals surface area contributed by atoms with Crippen LogP contribution in [0.2, 0.25) is 0 Å². The molecule has 1 aliphatic rings. The highest BCUT2D eigenvalue weighted by Crippen LogP contribution is 2.53. The highest BCUT2D eigenvalue weighted by molar-refractivity contribution is 6.46. The molecule has 3 nitrogen and oxygen atoms in total. The van der Waals surface area contributed by atoms with Crippen molar-refractivity contribution in [1.29, 1.82) is 0 Å². The fourth-order valence-corrected chi connectivity index (χ4v) is 5.35. The topological polar surface area (TPSA) is 42.4 Å². The average molecular weight is 489 g/mol. The molecule has 1 N–H and O–H groups in total. The van der Waals surface area contributed by atoms with Gasteiger partial charge in [-0.2, -0.15) is 0 Å². The van der Waals surface area contributed by atoms with E-state index < -0.39 is 11.2 Å². The van der Waals surface area contributed by atoms with Gasteiger partial charge >= 0.3 is 7.48 Å². The molecule has 188 valence electrons. The van der Waals surface area contributed by atoms with Crippen LogP contribution in [0, 0.1) is 13.8 Å². The number of hydrogen-bond donors (Lipinski definition) is 1. The zero-order valence-corrected chi connectivity index (χ0v) is 23.0. The first-order valence-electron chi connectivity index (χ1n) is 13.0. The van der Waals surface area contributed by atoms with E-state index in [0.29, 0.717) is 7.48 Å². The van der Waals surface area contributed by atoms with Crippen LogP contribution in [0.15, 0.2) is 79.0 Å². The van der Waals surface area contributed by atoms with Gasteiger partial charge in [0.25, 0.3) is 0 Å². The maximum absolute atomic E-state index is 10.4. The molecule has 0 amide bonds. The number of nitrogens with zero attached hydrogens (tertiary/aromatic N) is 1. The molecule has 4 heteroatoms. The SMILES string of the molecule is Cc1cc(C)cc(C2(C)c3ccccc3-c3ccc(-c4ccc(BOC(C)(C)C(C)(C)O)cn4)cc32)c1. The molecule has 1 aromatic heterocycles. The van der Waals surface area contributed by atoms with Gasteiger partial charge in [0, 0.05) is 17.2 Å². The van der Waals surface area contributed by atoms with Gasteiger partial charge in [-0.1, -0.05) is 71.8 Å². The van der Waals surface area contributed by atoms with Crippen LogP contribution in [-0.2, 0) is 10.1 Å². The van der Waals surface area contributed by atoms with Crippen LogP contribution in [-0.4, -0.2) is 28.8 Å². The number of hydrogen-bond acceptors (Lipinski definition) is 3. The third kappa shape index (κ3) is 4.43. The smallest absolute Gasteiger partial charge is 0.311 e. The maximum Gasteiger partial charge on any atom is 0.311 e. The summed E-state index contributed by atoms with van der Waals surface area (Å²) in [6.07, 6.45) is 1.88. The lowest BCUT2D eigenvalue weighted by molar-refractivity contribution is -0.0893. The number of benzene rings is 3. The second kappa shape index (κ2) is 8.97. The Bertz CT molecular complexity index is 1450. The lowest BCUT2D eigenvalue weighted by atomic mass is 9.73. The number of fused-ring (bicyclic) bond motifs is 3. The first-order valence-corrected chi connectivity index (χ1v) is 13.0. The van der Waals surface area contributed by atoms with Crippen LogP contribution in [0.1, 0.15) is 62.4 Å². The van der Waals surface area contributed by atoms with E-state index in [-0.39, 0.29) is 5.41 Å². The molecule has 3 aromatic carbocycles. The zero-order valence-electron chi connectivity index (χ0n) is 23.0. The minimum atomic E-state index is -0.940. The summed E-state index contributed by atoms with van der Waals surface area (Å²) >= 11 is 0. The van der Waals surface area contributed by atoms with E-state index in [1.54, 1.807) is 13.8 Å². The lowest BCUT2D eigenvalue weighted by Crippen LogP contribution is -2.49. The molecular formula is C33H36BNO2. The molecule has 0 radical (unpaired) electrons. The Balaban J connectivity index is 1.52. The summed E-state index contributed by atoms with van der Waals surface area (Å²) in [6, 6.07) is 26.6. The van der Waals surface area contributed by atoms with Crippen molar-refractivity contribution in [3.63, 3.8) is 0 Å². The number of rotatable bonds is 6. The first-order chi connectivity index (χ1) is 17.4. The van der Waals surface area contributed by atoms with Crippen molar-refractivity contribution >= 4 is 12.9 Å². The van der Waals surface area contributed by atoms with Gasteiger partial charge in [-0.25, -0.2) is 0 Å². The second-order valence-corrected chi connectivity index (χ2v) is 11.7. The molecule has 1 heterocycles. The van der Waals surface area contributed by atoms with Gasteiger partial charge in [0.05, 0.1) is 16.9 Å². The Morgan fingerprint density at radius 2 is 1.49 bits per heavy atom. The largest absolute Gasteiger partial charge is 0.427 e. The summed E-state index contributed by atoms with van der Waals surface area (Å²) in [5.74, 6) is 0. The Morgan fingerprint density at radius 3 is 2.14 bits per heavy atom. The Kier molecular flexibility index (Phi) is 6.17. The molecule has 1 atom stereocenters. The summed E-state index contributed by atoms with van der Waals surface area (Å²) < 4.78 is 6.03. The molecule has 0 saturated carbocycles. The molecule has 0 spiro atoms. The minimum Gasteiger partial charge on any atom is -0.427 e. The van der Waals surface area contributed by atoms with Gasteiger partial charge in [-0.15, -0.1) is 0 Å². The maximum atomic E-state index is 10.4. The predicted octanol–water partition coefficient (Wildman–Crippen LogP) is 6.24. The highest BCUT2D eigenvalue weighted by Gasteiger charge is 2.41. The molecule has 0 aliphatic heterocycles. The molecule has 0 bridgehead atoms. The predicted molar refractivity (Wildman–Crippen MR) is 155 cm³/mol. The van der Waals surface area contributed by atoms with E-state index in [9.17, 15) is 5.11 Å². The lowest BCUT2D eigenvalue weighted by Gasteiger charge is -2.37. The highest BCUT2D eigenvalue weighted by atomic mass is 16.5. The summed E-state index contributed by atoms with van der Waals surface area (Å²) in [4.78, 5) is 4.79. The van der Waals surface area contributed by atoms with Crippen molar-refractivity contribution in [2.24, 2.45) is 0 Å². The van der Waals surface area contributed by atoms with Crippen molar-refractivity contribution < 1.29 is 9.76 Å². The average Bonchev–Trinajstić information content (AvgIpc) is 3.11. The summed E-state index contributed by atoms with van der Waals surface area (Å²) in [6.45, 7) is 14.1. The number of pyridine rings is 1. The summed E-state index contributed by atoms with van der Waals surface area (Å²) in [5, 5.41) is 10.4. The van der Waals surface area contributed by atoms with Crippen LogP contribution in [0.5, 0.6) is 0 Å². The van der Waals surface area contributed by atoms with E-state index in [1.807, 2.05) is 20.0 Å². The molecule has 1 aliphatic carbocycles. The van der Waals surface area contributed by atoms with E-state index in [0.717, 1.165) is 16.7 Å². The summed E-state index contributed by atoms with van der Waals surface area (Å²) in [5.41, 5.74) is 10.3. The number of aromatic nitrogens is 1. The fourth-order valence-electron chi connectivity index (χ4n) is 5.35. The molecule has 0 saturated heterocycles. The normalized spacial score (nSPS) is 16.9. The van der Waals surface area contributed by atoms with Crippen molar-refractivity contribution in [1.82, 2.24) is 4.98 Å². The third-order valence-electron chi connectivity index (χ3n) is 8.31. The van der Waals surface area contributed by atoms with Crippen LogP contribution >= 0.6 is 0 Å². The van der Waals surface area contributed by atoms with Crippen molar-refractivity contribution in [3.05, 3.63) is 107 Å². The Hall–Kier alpha value is -3.21. The zero-order chi connectivity index (χ0) is 26.6.